The average Bonchev–Trinajstić information content (AvgIpc) is 2.94. The van der Waals surface area contributed by atoms with Gasteiger partial charge in [-0.3, -0.25) is 24.0 Å². The molecule has 0 aliphatic carbocycles. The molecule has 0 aromatic heterocycles. The van der Waals surface area contributed by atoms with Gasteiger partial charge in [0.25, 0.3) is 5.69 Å². The van der Waals surface area contributed by atoms with Crippen LogP contribution in [0.1, 0.15) is 31.4 Å². The number of sulfonamides is 1. The largest absolute Gasteiger partial charge is 0.352 e. The number of nitrogens with one attached hydrogen (secondary N) is 1. The lowest BCUT2D eigenvalue weighted by atomic mass is 10.0. The smallest absolute Gasteiger partial charge is 0.271 e. The molecule has 0 spiro atoms. The van der Waals surface area contributed by atoms with Gasteiger partial charge in [-0.25, -0.2) is 12.8 Å². The van der Waals surface area contributed by atoms with Gasteiger partial charge in [0.05, 0.1) is 16.9 Å². The first kappa shape index (κ1) is 31.2. The number of rotatable bonds is 13. The quantitative estimate of drug-likeness (QED) is 0.238. The van der Waals surface area contributed by atoms with Crippen LogP contribution in [0, 0.1) is 15.9 Å². The van der Waals surface area contributed by atoms with Gasteiger partial charge in [-0.15, -0.1) is 0 Å². The number of amides is 2. The fourth-order valence-electron chi connectivity index (χ4n) is 4.16. The zero-order valence-electron chi connectivity index (χ0n) is 23.1. The number of hydrogen-bond acceptors (Lipinski definition) is 6. The van der Waals surface area contributed by atoms with Crippen molar-refractivity contribution < 1.29 is 27.3 Å². The lowest BCUT2D eigenvalue weighted by Gasteiger charge is -2.34. The Balaban J connectivity index is 2.07. The van der Waals surface area contributed by atoms with Crippen molar-refractivity contribution in [2.24, 2.45) is 0 Å². The second-order valence-electron chi connectivity index (χ2n) is 9.72. The number of benzene rings is 3. The summed E-state index contributed by atoms with van der Waals surface area (Å²) >= 11 is 0. The molecule has 2 atom stereocenters. The minimum absolute atomic E-state index is 0.0690. The summed E-state index contributed by atoms with van der Waals surface area (Å²) in [6, 6.07) is 18.2. The fraction of sp³-hybridized carbons (Fsp3) is 0.310. The van der Waals surface area contributed by atoms with Crippen LogP contribution in [0.3, 0.4) is 0 Å². The van der Waals surface area contributed by atoms with E-state index in [1.54, 1.807) is 12.1 Å². The third kappa shape index (κ3) is 8.84. The molecule has 0 saturated carbocycles. The Morgan fingerprint density at radius 1 is 1.00 bits per heavy atom. The van der Waals surface area contributed by atoms with E-state index in [4.69, 9.17) is 0 Å². The Morgan fingerprint density at radius 3 is 2.24 bits per heavy atom. The van der Waals surface area contributed by atoms with Crippen molar-refractivity contribution in [1.29, 1.82) is 0 Å². The van der Waals surface area contributed by atoms with Gasteiger partial charge < -0.3 is 10.2 Å². The van der Waals surface area contributed by atoms with Gasteiger partial charge in [0.2, 0.25) is 21.8 Å². The second-order valence-corrected chi connectivity index (χ2v) is 11.6. The predicted octanol–water partition coefficient (Wildman–Crippen LogP) is 4.05. The number of carbonyl (C=O) groups excluding carboxylic acids is 2. The Bertz CT molecular complexity index is 1470. The van der Waals surface area contributed by atoms with Gasteiger partial charge >= 0.3 is 0 Å². The summed E-state index contributed by atoms with van der Waals surface area (Å²) in [5, 5.41) is 14.2. The number of non-ortho nitro benzene ring substituents is 1. The highest BCUT2D eigenvalue weighted by Crippen LogP contribution is 2.24. The van der Waals surface area contributed by atoms with Crippen LogP contribution < -0.4 is 9.62 Å². The molecule has 0 unspecified atom stereocenters. The summed E-state index contributed by atoms with van der Waals surface area (Å²) < 4.78 is 40.0. The van der Waals surface area contributed by atoms with Crippen molar-refractivity contribution in [3.63, 3.8) is 0 Å². The third-order valence-corrected chi connectivity index (χ3v) is 7.69. The first-order chi connectivity index (χ1) is 19.4. The molecule has 0 fully saturated rings. The number of hydrogen-bond donors (Lipinski definition) is 1. The van der Waals surface area contributed by atoms with Gasteiger partial charge in [0, 0.05) is 31.1 Å². The van der Waals surface area contributed by atoms with Crippen molar-refractivity contribution >= 4 is 33.2 Å². The third-order valence-electron chi connectivity index (χ3n) is 6.55. The van der Waals surface area contributed by atoms with Crippen molar-refractivity contribution in [2.75, 3.05) is 17.1 Å². The highest BCUT2D eigenvalue weighted by atomic mass is 32.2. The summed E-state index contributed by atoms with van der Waals surface area (Å²) in [5.74, 6) is -1.62. The summed E-state index contributed by atoms with van der Waals surface area (Å²) in [5.41, 5.74) is 0.880. The second kappa shape index (κ2) is 13.8. The number of nitrogens with zero attached hydrogens (tertiary/aromatic N) is 3. The molecule has 2 amide bonds. The summed E-state index contributed by atoms with van der Waals surface area (Å²) in [4.78, 5) is 39.5. The molecule has 3 rings (SSSR count). The Labute approximate surface area is 239 Å². The normalized spacial score (nSPS) is 12.7. The molecule has 0 bridgehead atoms. The number of anilines is 1. The summed E-state index contributed by atoms with van der Waals surface area (Å²) in [7, 11) is -4.08. The molecule has 41 heavy (non-hydrogen) atoms. The van der Waals surface area contributed by atoms with Gasteiger partial charge in [0.15, 0.2) is 0 Å². The van der Waals surface area contributed by atoms with E-state index in [0.717, 1.165) is 22.2 Å². The van der Waals surface area contributed by atoms with Crippen LogP contribution in [-0.2, 0) is 32.6 Å². The topological polar surface area (TPSA) is 130 Å². The number of nitro benzene ring substituents is 1. The van der Waals surface area contributed by atoms with Crippen LogP contribution >= 0.6 is 0 Å². The zero-order valence-corrected chi connectivity index (χ0v) is 23.9. The Hall–Kier alpha value is -4.32. The van der Waals surface area contributed by atoms with Crippen LogP contribution in [0.4, 0.5) is 15.8 Å². The van der Waals surface area contributed by atoms with Crippen molar-refractivity contribution in [3.05, 3.63) is 106 Å². The molecule has 10 nitrogen and oxygen atoms in total. The average molecular weight is 585 g/mol. The molecule has 0 saturated heterocycles. The molecule has 218 valence electrons. The van der Waals surface area contributed by atoms with Crippen LogP contribution in [0.15, 0.2) is 78.9 Å². The first-order valence-electron chi connectivity index (χ1n) is 13.0. The maximum Gasteiger partial charge on any atom is 0.271 e. The van der Waals surface area contributed by atoms with Crippen LogP contribution in [0.5, 0.6) is 0 Å². The minimum Gasteiger partial charge on any atom is -0.352 e. The molecule has 0 aliphatic heterocycles. The highest BCUT2D eigenvalue weighted by molar-refractivity contribution is 7.92. The van der Waals surface area contributed by atoms with E-state index in [-0.39, 0.29) is 30.4 Å². The van der Waals surface area contributed by atoms with E-state index in [9.17, 15) is 32.5 Å². The minimum atomic E-state index is -4.08. The number of halogens is 1. The van der Waals surface area contributed by atoms with Crippen molar-refractivity contribution in [2.45, 2.75) is 45.3 Å². The maximum absolute atomic E-state index is 14.0. The molecule has 12 heteroatoms. The molecular formula is C29H33FN4O6S. The lowest BCUT2D eigenvalue weighted by Crippen LogP contribution is -2.54. The Kier molecular flexibility index (Phi) is 10.5. The molecular weight excluding hydrogens is 551 g/mol. The molecule has 0 aliphatic rings. The fourth-order valence-corrected chi connectivity index (χ4v) is 5.00. The van der Waals surface area contributed by atoms with Gasteiger partial charge in [0.1, 0.15) is 18.4 Å². The standard InChI is InChI=1S/C29H33FN4O6S/c1-4-21(2)31-29(36)27(17-22-9-6-5-7-10-22)32(19-23-13-15-24(30)16-14-23)28(35)20-33(41(3,39)40)25-11-8-12-26(18-25)34(37)38/h5-16,18,21,27H,4,17,19-20H2,1-3H3,(H,31,36)/t21-,27-/m0/s1. The van der Waals surface area contributed by atoms with Crippen molar-refractivity contribution in [1.82, 2.24) is 10.2 Å². The Morgan fingerprint density at radius 2 is 1.66 bits per heavy atom. The van der Waals surface area contributed by atoms with Crippen molar-refractivity contribution in [3.8, 4) is 0 Å². The van der Waals surface area contributed by atoms with E-state index >= 15 is 0 Å². The molecule has 1 N–H and O–H groups in total. The molecule has 0 radical (unpaired) electrons. The molecule has 0 heterocycles. The van der Waals surface area contributed by atoms with E-state index in [2.05, 4.69) is 5.32 Å². The first-order valence-corrected chi connectivity index (χ1v) is 14.8. The van der Waals surface area contributed by atoms with Crippen LogP contribution in [0.25, 0.3) is 0 Å². The van der Waals surface area contributed by atoms with E-state index in [1.807, 2.05) is 32.0 Å². The number of carbonyl (C=O) groups is 2. The lowest BCUT2D eigenvalue weighted by molar-refractivity contribution is -0.384. The van der Waals surface area contributed by atoms with E-state index < -0.39 is 45.2 Å². The van der Waals surface area contributed by atoms with E-state index in [0.29, 0.717) is 12.0 Å². The predicted molar refractivity (Wildman–Crippen MR) is 154 cm³/mol. The summed E-state index contributed by atoms with van der Waals surface area (Å²) in [6.07, 6.45) is 1.66. The SMILES string of the molecule is CC[C@H](C)NC(=O)[C@H](Cc1ccccc1)N(Cc1ccc(F)cc1)C(=O)CN(c1cccc([N+](=O)[O-])c1)S(C)(=O)=O. The zero-order chi connectivity index (χ0) is 30.2. The van der Waals surface area contributed by atoms with Gasteiger partial charge in [-0.05, 0) is 42.7 Å². The summed E-state index contributed by atoms with van der Waals surface area (Å²) in [6.45, 7) is 2.90. The maximum atomic E-state index is 14.0. The van der Waals surface area contributed by atoms with Gasteiger partial charge in [-0.1, -0.05) is 55.5 Å². The number of nitro groups is 1. The van der Waals surface area contributed by atoms with E-state index in [1.165, 1.54) is 47.4 Å². The van der Waals surface area contributed by atoms with Crippen LogP contribution in [-0.4, -0.2) is 54.9 Å². The monoisotopic (exact) mass is 584 g/mol. The van der Waals surface area contributed by atoms with Crippen LogP contribution in [0.2, 0.25) is 0 Å². The van der Waals surface area contributed by atoms with Gasteiger partial charge in [-0.2, -0.15) is 0 Å². The molecule has 3 aromatic rings. The molecule has 3 aromatic carbocycles. The highest BCUT2D eigenvalue weighted by Gasteiger charge is 2.33.